The first-order valence-corrected chi connectivity index (χ1v) is 10.9. The van der Waals surface area contributed by atoms with Crippen LogP contribution in [0, 0.1) is 23.7 Å². The van der Waals surface area contributed by atoms with Crippen LogP contribution in [0.1, 0.15) is 50.2 Å². The van der Waals surface area contributed by atoms with Crippen molar-refractivity contribution < 1.29 is 4.74 Å². The Bertz CT molecular complexity index is 785. The van der Waals surface area contributed by atoms with Crippen molar-refractivity contribution >= 4 is 15.9 Å². The van der Waals surface area contributed by atoms with E-state index >= 15 is 0 Å². The van der Waals surface area contributed by atoms with Gasteiger partial charge in [0.2, 0.25) is 0 Å². The van der Waals surface area contributed by atoms with E-state index < -0.39 is 0 Å². The number of hydrogen-bond donors (Lipinski definition) is 0. The number of benzene rings is 2. The van der Waals surface area contributed by atoms with E-state index in [9.17, 15) is 0 Å². The molecule has 1 nitrogen and oxygen atoms in total. The van der Waals surface area contributed by atoms with Gasteiger partial charge >= 0.3 is 0 Å². The molecule has 0 aliphatic heterocycles. The summed E-state index contributed by atoms with van der Waals surface area (Å²) >= 11 is 3.74. The largest absolute Gasteiger partial charge is 0.489 e. The Morgan fingerprint density at radius 1 is 1.00 bits per heavy atom. The van der Waals surface area contributed by atoms with Crippen molar-refractivity contribution in [3.8, 4) is 5.75 Å². The minimum Gasteiger partial charge on any atom is -0.489 e. The molecule has 4 fully saturated rings. The van der Waals surface area contributed by atoms with Crippen LogP contribution in [0.5, 0.6) is 5.75 Å². The summed E-state index contributed by atoms with van der Waals surface area (Å²) in [4.78, 5) is 0. The van der Waals surface area contributed by atoms with Gasteiger partial charge in [-0.25, -0.2) is 0 Å². The smallest absolute Gasteiger partial charge is 0.123 e. The quantitative estimate of drug-likeness (QED) is 0.541. The molecule has 0 spiro atoms. The van der Waals surface area contributed by atoms with E-state index in [2.05, 4.69) is 71.4 Å². The van der Waals surface area contributed by atoms with Crippen LogP contribution in [0.15, 0.2) is 53.0 Å². The van der Waals surface area contributed by atoms with E-state index in [4.69, 9.17) is 4.74 Å². The van der Waals surface area contributed by atoms with Crippen molar-refractivity contribution in [1.82, 2.24) is 0 Å². The Kier molecular flexibility index (Phi) is 4.15. The van der Waals surface area contributed by atoms with Crippen molar-refractivity contribution in [3.63, 3.8) is 0 Å². The Morgan fingerprint density at radius 2 is 1.73 bits per heavy atom. The van der Waals surface area contributed by atoms with Gasteiger partial charge in [0.05, 0.1) is 0 Å². The second-order valence-corrected chi connectivity index (χ2v) is 9.88. The molecule has 2 aromatic rings. The molecule has 0 radical (unpaired) electrons. The molecule has 0 N–H and O–H groups in total. The minimum atomic E-state index is 0.324. The number of rotatable bonds is 4. The predicted molar refractivity (Wildman–Crippen MR) is 109 cm³/mol. The first kappa shape index (κ1) is 16.9. The second-order valence-electron chi connectivity index (χ2n) is 8.97. The molecule has 4 saturated carbocycles. The molecular weight excluding hydrogens is 384 g/mol. The summed E-state index contributed by atoms with van der Waals surface area (Å²) in [6.07, 6.45) is 7.12. The third-order valence-corrected chi connectivity index (χ3v) is 8.03. The Labute approximate surface area is 165 Å². The molecule has 4 aliphatic carbocycles. The molecule has 3 atom stereocenters. The maximum atomic E-state index is 6.40. The van der Waals surface area contributed by atoms with Crippen LogP contribution in [0.4, 0.5) is 0 Å². The maximum Gasteiger partial charge on any atom is 0.123 e. The average Bonchev–Trinajstić information content (AvgIpc) is 2.65. The lowest BCUT2D eigenvalue weighted by atomic mass is 9.44. The highest BCUT2D eigenvalue weighted by atomic mass is 79.9. The van der Waals surface area contributed by atoms with Gasteiger partial charge in [-0.1, -0.05) is 53.2 Å². The van der Waals surface area contributed by atoms with Gasteiger partial charge in [-0.2, -0.15) is 0 Å². The van der Waals surface area contributed by atoms with Gasteiger partial charge in [-0.05, 0) is 79.5 Å². The minimum absolute atomic E-state index is 0.324. The SMILES string of the molecule is CC1C2CC3CC(C2)CC1(c1cc(Br)ccc1OCc1ccccc1)C3. The highest BCUT2D eigenvalue weighted by Gasteiger charge is 2.56. The van der Waals surface area contributed by atoms with E-state index in [0.29, 0.717) is 12.0 Å². The summed E-state index contributed by atoms with van der Waals surface area (Å²) in [5.41, 5.74) is 3.03. The van der Waals surface area contributed by atoms with Crippen LogP contribution in [-0.2, 0) is 12.0 Å². The molecule has 2 aromatic carbocycles. The second kappa shape index (κ2) is 6.41. The zero-order valence-electron chi connectivity index (χ0n) is 15.5. The third kappa shape index (κ3) is 2.72. The highest BCUT2D eigenvalue weighted by Crippen LogP contribution is 2.64. The van der Waals surface area contributed by atoms with E-state index in [0.717, 1.165) is 29.4 Å². The first-order chi connectivity index (χ1) is 12.6. The standard InChI is InChI=1S/C24H27BrO/c1-16-20-10-18-9-19(11-20)14-24(16,13-18)22-12-21(25)7-8-23(22)26-15-17-5-3-2-4-6-17/h2-8,12,16,18-20H,9-11,13-15H2,1H3. The van der Waals surface area contributed by atoms with Crippen molar-refractivity contribution in [1.29, 1.82) is 0 Å². The molecule has 6 rings (SSSR count). The molecule has 0 heterocycles. The molecule has 0 amide bonds. The Hall–Kier alpha value is -1.28. The van der Waals surface area contributed by atoms with Crippen LogP contribution >= 0.6 is 15.9 Å². The van der Waals surface area contributed by atoms with E-state index in [1.807, 2.05) is 0 Å². The first-order valence-electron chi connectivity index (χ1n) is 10.1. The lowest BCUT2D eigenvalue weighted by Gasteiger charge is -2.61. The van der Waals surface area contributed by atoms with Crippen LogP contribution in [0.2, 0.25) is 0 Å². The fraction of sp³-hybridized carbons (Fsp3) is 0.500. The van der Waals surface area contributed by atoms with Gasteiger partial charge in [0.15, 0.2) is 0 Å². The van der Waals surface area contributed by atoms with Gasteiger partial charge in [0, 0.05) is 15.5 Å². The Balaban J connectivity index is 1.51. The summed E-state index contributed by atoms with van der Waals surface area (Å²) in [6.45, 7) is 3.17. The van der Waals surface area contributed by atoms with Gasteiger partial charge in [0.25, 0.3) is 0 Å². The molecule has 0 saturated heterocycles. The molecular formula is C24H27BrO. The van der Waals surface area contributed by atoms with Gasteiger partial charge in [0.1, 0.15) is 12.4 Å². The maximum absolute atomic E-state index is 6.40. The number of ether oxygens (including phenoxy) is 1. The molecule has 4 bridgehead atoms. The summed E-state index contributed by atoms with van der Waals surface area (Å²) in [5.74, 6) is 4.66. The topological polar surface area (TPSA) is 9.23 Å². The molecule has 26 heavy (non-hydrogen) atoms. The average molecular weight is 411 g/mol. The van der Waals surface area contributed by atoms with Crippen molar-refractivity contribution in [2.75, 3.05) is 0 Å². The summed E-state index contributed by atoms with van der Waals surface area (Å²) in [5, 5.41) is 0. The summed E-state index contributed by atoms with van der Waals surface area (Å²) < 4.78 is 7.58. The Morgan fingerprint density at radius 3 is 2.46 bits per heavy atom. The fourth-order valence-electron chi connectivity index (χ4n) is 6.51. The molecule has 3 unspecified atom stereocenters. The lowest BCUT2D eigenvalue weighted by molar-refractivity contribution is -0.0548. The van der Waals surface area contributed by atoms with Gasteiger partial charge < -0.3 is 4.74 Å². The van der Waals surface area contributed by atoms with Crippen molar-refractivity contribution in [2.24, 2.45) is 23.7 Å². The van der Waals surface area contributed by atoms with E-state index in [-0.39, 0.29) is 0 Å². The van der Waals surface area contributed by atoms with Crippen LogP contribution in [0.3, 0.4) is 0 Å². The summed E-state index contributed by atoms with van der Waals surface area (Å²) in [6, 6.07) is 17.2. The highest BCUT2D eigenvalue weighted by molar-refractivity contribution is 9.10. The zero-order valence-corrected chi connectivity index (χ0v) is 17.0. The lowest BCUT2D eigenvalue weighted by Crippen LogP contribution is -2.54. The molecule has 4 aliphatic rings. The number of halogens is 1. The van der Waals surface area contributed by atoms with E-state index in [1.54, 1.807) is 0 Å². The zero-order chi connectivity index (χ0) is 17.7. The number of hydrogen-bond acceptors (Lipinski definition) is 1. The third-order valence-electron chi connectivity index (χ3n) is 7.54. The van der Waals surface area contributed by atoms with Gasteiger partial charge in [-0.3, -0.25) is 0 Å². The predicted octanol–water partition coefficient (Wildman–Crippen LogP) is 6.74. The molecule has 2 heteroatoms. The van der Waals surface area contributed by atoms with E-state index in [1.165, 1.54) is 47.7 Å². The fourth-order valence-corrected chi connectivity index (χ4v) is 6.87. The molecule has 136 valence electrons. The van der Waals surface area contributed by atoms with Crippen LogP contribution in [0.25, 0.3) is 0 Å². The monoisotopic (exact) mass is 410 g/mol. The summed E-state index contributed by atoms with van der Waals surface area (Å²) in [7, 11) is 0. The van der Waals surface area contributed by atoms with Crippen molar-refractivity contribution in [3.05, 3.63) is 64.1 Å². The van der Waals surface area contributed by atoms with Gasteiger partial charge in [-0.15, -0.1) is 0 Å². The normalized spacial score (nSPS) is 34.8. The van der Waals surface area contributed by atoms with Crippen molar-refractivity contribution in [2.45, 2.75) is 51.0 Å². The molecule has 0 aromatic heterocycles. The van der Waals surface area contributed by atoms with Crippen LogP contribution < -0.4 is 4.74 Å². The van der Waals surface area contributed by atoms with Crippen LogP contribution in [-0.4, -0.2) is 0 Å².